The van der Waals surface area contributed by atoms with Gasteiger partial charge in [-0.1, -0.05) is 18.5 Å². The smallest absolute Gasteiger partial charge is 0.225 e. The van der Waals surface area contributed by atoms with Gasteiger partial charge in [0.25, 0.3) is 0 Å². The summed E-state index contributed by atoms with van der Waals surface area (Å²) in [5, 5.41) is 4.20. The van der Waals surface area contributed by atoms with Gasteiger partial charge in [-0.05, 0) is 74.5 Å². The predicted octanol–water partition coefficient (Wildman–Crippen LogP) is 3.97. The van der Waals surface area contributed by atoms with Crippen LogP contribution in [0.3, 0.4) is 0 Å². The molecule has 0 unspecified atom stereocenters. The van der Waals surface area contributed by atoms with Gasteiger partial charge in [0.15, 0.2) is 0 Å². The van der Waals surface area contributed by atoms with Crippen LogP contribution in [0, 0.1) is 23.2 Å². The topological polar surface area (TPSA) is 52.0 Å². The lowest BCUT2D eigenvalue weighted by molar-refractivity contribution is -0.0522. The Bertz CT molecular complexity index is 470. The standard InChI is InChI=1S/C17H26N2O/c1-2-3-15-14(16(18)20-19-15)10-17-7-11-4-12(8-17)6-13(5-11)9-17/h11-13H,2-10,18H2,1H3. The molecule has 0 spiro atoms. The van der Waals surface area contributed by atoms with Crippen LogP contribution in [0.4, 0.5) is 5.88 Å². The average Bonchev–Trinajstić information content (AvgIpc) is 2.70. The summed E-state index contributed by atoms with van der Waals surface area (Å²) in [6, 6.07) is 0. The van der Waals surface area contributed by atoms with E-state index in [-0.39, 0.29) is 0 Å². The van der Waals surface area contributed by atoms with E-state index in [1.54, 1.807) is 0 Å². The summed E-state index contributed by atoms with van der Waals surface area (Å²) >= 11 is 0. The molecule has 0 amide bonds. The minimum Gasteiger partial charge on any atom is -0.367 e. The van der Waals surface area contributed by atoms with E-state index >= 15 is 0 Å². The van der Waals surface area contributed by atoms with E-state index in [1.165, 1.54) is 44.1 Å². The lowest BCUT2D eigenvalue weighted by Crippen LogP contribution is -2.47. The zero-order valence-corrected chi connectivity index (χ0v) is 12.5. The van der Waals surface area contributed by atoms with Crippen molar-refractivity contribution in [2.75, 3.05) is 5.73 Å². The first-order valence-electron chi connectivity index (χ1n) is 8.40. The highest BCUT2D eigenvalue weighted by atomic mass is 16.5. The first-order chi connectivity index (χ1) is 9.67. The Labute approximate surface area is 121 Å². The van der Waals surface area contributed by atoms with Gasteiger partial charge in [-0.25, -0.2) is 0 Å². The van der Waals surface area contributed by atoms with E-state index < -0.39 is 0 Å². The van der Waals surface area contributed by atoms with Crippen molar-refractivity contribution in [1.29, 1.82) is 0 Å². The molecular weight excluding hydrogens is 248 g/mol. The third kappa shape index (κ3) is 1.97. The summed E-state index contributed by atoms with van der Waals surface area (Å²) in [6.07, 6.45) is 12.0. The van der Waals surface area contributed by atoms with E-state index in [4.69, 9.17) is 10.3 Å². The van der Waals surface area contributed by atoms with Gasteiger partial charge >= 0.3 is 0 Å². The molecular formula is C17H26N2O. The van der Waals surface area contributed by atoms with Crippen molar-refractivity contribution in [2.24, 2.45) is 23.2 Å². The minimum absolute atomic E-state index is 0.525. The predicted molar refractivity (Wildman–Crippen MR) is 79.2 cm³/mol. The number of aryl methyl sites for hydroxylation is 1. The Kier molecular flexibility index (Phi) is 2.87. The van der Waals surface area contributed by atoms with Crippen molar-refractivity contribution in [3.8, 4) is 0 Å². The fourth-order valence-electron chi connectivity index (χ4n) is 5.86. The van der Waals surface area contributed by atoms with Gasteiger partial charge < -0.3 is 10.3 Å². The van der Waals surface area contributed by atoms with Crippen LogP contribution in [0.2, 0.25) is 0 Å². The van der Waals surface area contributed by atoms with Crippen LogP contribution in [0.25, 0.3) is 0 Å². The number of nitrogen functional groups attached to an aromatic ring is 1. The lowest BCUT2D eigenvalue weighted by Gasteiger charge is -2.57. The highest BCUT2D eigenvalue weighted by Gasteiger charge is 2.51. The van der Waals surface area contributed by atoms with Crippen LogP contribution in [-0.4, -0.2) is 5.16 Å². The van der Waals surface area contributed by atoms with E-state index in [1.807, 2.05) is 0 Å². The van der Waals surface area contributed by atoms with Gasteiger partial charge in [0.05, 0.1) is 5.69 Å². The van der Waals surface area contributed by atoms with Crippen molar-refractivity contribution in [3.63, 3.8) is 0 Å². The maximum Gasteiger partial charge on any atom is 0.225 e. The van der Waals surface area contributed by atoms with Gasteiger partial charge in [0.2, 0.25) is 5.88 Å². The second-order valence-electron chi connectivity index (χ2n) is 7.82. The number of aromatic nitrogens is 1. The molecule has 0 aromatic carbocycles. The molecule has 3 heteroatoms. The van der Waals surface area contributed by atoms with Crippen molar-refractivity contribution in [2.45, 2.75) is 64.7 Å². The summed E-state index contributed by atoms with van der Waals surface area (Å²) in [6.45, 7) is 2.19. The van der Waals surface area contributed by atoms with Crippen molar-refractivity contribution < 1.29 is 4.52 Å². The minimum atomic E-state index is 0.525. The van der Waals surface area contributed by atoms with Crippen molar-refractivity contribution >= 4 is 5.88 Å². The van der Waals surface area contributed by atoms with E-state index in [0.29, 0.717) is 11.3 Å². The molecule has 0 saturated heterocycles. The highest BCUT2D eigenvalue weighted by molar-refractivity contribution is 5.40. The van der Waals surface area contributed by atoms with Crippen molar-refractivity contribution in [1.82, 2.24) is 5.16 Å². The van der Waals surface area contributed by atoms with Gasteiger partial charge in [-0.3, -0.25) is 0 Å². The second kappa shape index (κ2) is 4.51. The quantitative estimate of drug-likeness (QED) is 0.904. The zero-order chi connectivity index (χ0) is 13.7. The number of hydrogen-bond donors (Lipinski definition) is 1. The largest absolute Gasteiger partial charge is 0.367 e. The van der Waals surface area contributed by atoms with Gasteiger partial charge in [-0.2, -0.15) is 0 Å². The number of anilines is 1. The molecule has 4 bridgehead atoms. The molecule has 110 valence electrons. The Morgan fingerprint density at radius 3 is 2.30 bits per heavy atom. The lowest BCUT2D eigenvalue weighted by atomic mass is 9.48. The summed E-state index contributed by atoms with van der Waals surface area (Å²) in [4.78, 5) is 0. The van der Waals surface area contributed by atoms with E-state index in [9.17, 15) is 0 Å². The highest BCUT2D eigenvalue weighted by Crippen LogP contribution is 2.61. The van der Waals surface area contributed by atoms with Crippen LogP contribution in [0.15, 0.2) is 4.52 Å². The molecule has 1 aromatic rings. The van der Waals surface area contributed by atoms with Gasteiger partial charge in [0.1, 0.15) is 0 Å². The maximum absolute atomic E-state index is 6.07. The third-order valence-electron chi connectivity index (χ3n) is 6.10. The Hall–Kier alpha value is -0.990. The van der Waals surface area contributed by atoms with Gasteiger partial charge in [0, 0.05) is 5.56 Å². The summed E-state index contributed by atoms with van der Waals surface area (Å²) in [7, 11) is 0. The first kappa shape index (κ1) is 12.7. The molecule has 3 nitrogen and oxygen atoms in total. The van der Waals surface area contributed by atoms with Crippen LogP contribution < -0.4 is 5.73 Å². The molecule has 1 heterocycles. The number of nitrogens with two attached hydrogens (primary N) is 1. The molecule has 4 aliphatic rings. The Morgan fingerprint density at radius 2 is 1.75 bits per heavy atom. The normalized spacial score (nSPS) is 38.5. The van der Waals surface area contributed by atoms with E-state index in [0.717, 1.165) is 42.7 Å². The molecule has 0 aliphatic heterocycles. The third-order valence-corrected chi connectivity index (χ3v) is 6.10. The summed E-state index contributed by atoms with van der Waals surface area (Å²) < 4.78 is 5.29. The van der Waals surface area contributed by atoms with Crippen molar-refractivity contribution in [3.05, 3.63) is 11.3 Å². The number of hydrogen-bond acceptors (Lipinski definition) is 3. The molecule has 2 N–H and O–H groups in total. The monoisotopic (exact) mass is 274 g/mol. The molecule has 20 heavy (non-hydrogen) atoms. The molecule has 4 saturated carbocycles. The second-order valence-corrected chi connectivity index (χ2v) is 7.82. The van der Waals surface area contributed by atoms with Crippen LogP contribution in [-0.2, 0) is 12.8 Å². The number of rotatable bonds is 4. The fourth-order valence-corrected chi connectivity index (χ4v) is 5.86. The molecule has 0 atom stereocenters. The first-order valence-corrected chi connectivity index (χ1v) is 8.40. The molecule has 0 radical (unpaired) electrons. The van der Waals surface area contributed by atoms with Crippen LogP contribution >= 0.6 is 0 Å². The Balaban J connectivity index is 1.61. The SMILES string of the molecule is CCCc1noc(N)c1CC12CC3CC(CC(C3)C1)C2. The maximum atomic E-state index is 6.07. The molecule has 4 fully saturated rings. The van der Waals surface area contributed by atoms with E-state index in [2.05, 4.69) is 12.1 Å². The summed E-state index contributed by atoms with van der Waals surface area (Å²) in [5.41, 5.74) is 8.97. The Morgan fingerprint density at radius 1 is 1.15 bits per heavy atom. The van der Waals surface area contributed by atoms with Gasteiger partial charge in [-0.15, -0.1) is 0 Å². The molecule has 1 aromatic heterocycles. The average molecular weight is 274 g/mol. The fraction of sp³-hybridized carbons (Fsp3) is 0.824. The number of nitrogens with zero attached hydrogens (tertiary/aromatic N) is 1. The molecule has 4 aliphatic carbocycles. The summed E-state index contributed by atoms with van der Waals surface area (Å²) in [5.74, 6) is 3.58. The molecule has 5 rings (SSSR count). The van der Waals surface area contributed by atoms with Crippen LogP contribution in [0.1, 0.15) is 63.1 Å². The zero-order valence-electron chi connectivity index (χ0n) is 12.5. The van der Waals surface area contributed by atoms with Crippen LogP contribution in [0.5, 0.6) is 0 Å².